The summed E-state index contributed by atoms with van der Waals surface area (Å²) < 4.78 is 12.7. The van der Waals surface area contributed by atoms with Crippen LogP contribution in [0.4, 0.5) is 11.5 Å². The van der Waals surface area contributed by atoms with Gasteiger partial charge in [-0.3, -0.25) is 0 Å². The average Bonchev–Trinajstić information content (AvgIpc) is 4.04. The van der Waals surface area contributed by atoms with Crippen molar-refractivity contribution in [3.63, 3.8) is 0 Å². The number of nitrogens with zero attached hydrogens (tertiary/aromatic N) is 4. The van der Waals surface area contributed by atoms with Crippen molar-refractivity contribution >= 4 is 22.5 Å². The van der Waals surface area contributed by atoms with Gasteiger partial charge in [-0.25, -0.2) is 0 Å². The minimum atomic E-state index is -0.0568. The molecule has 2 unspecified atom stereocenters. The molecule has 1 saturated carbocycles. The molecule has 2 aliphatic rings. The van der Waals surface area contributed by atoms with Gasteiger partial charge in [0, 0.05) is 11.8 Å². The number of pyridine rings is 1. The second kappa shape index (κ2) is 15.7. The van der Waals surface area contributed by atoms with E-state index in [1.54, 1.807) is 0 Å². The second-order valence-corrected chi connectivity index (χ2v) is 19.1. The topological polar surface area (TPSA) is 35.2 Å². The number of ether oxygens (including phenoxy) is 1. The Balaban J connectivity index is 1.00. The summed E-state index contributed by atoms with van der Waals surface area (Å²) >= 11 is 2.53. The third-order valence-electron chi connectivity index (χ3n) is 12.9. The van der Waals surface area contributed by atoms with Crippen molar-refractivity contribution in [2.24, 2.45) is 5.92 Å². The summed E-state index contributed by atoms with van der Waals surface area (Å²) in [7, 11) is 0. The molecule has 1 aliphatic heterocycles. The summed E-state index contributed by atoms with van der Waals surface area (Å²) in [6.45, 7) is 10.1. The number of imidazole rings is 1. The number of aromatic nitrogens is 3. The maximum atomic E-state index is 6.81. The van der Waals surface area contributed by atoms with Gasteiger partial charge in [-0.05, 0) is 18.1 Å². The van der Waals surface area contributed by atoms with Crippen LogP contribution in [0.25, 0.3) is 55.8 Å². The van der Waals surface area contributed by atoms with Crippen LogP contribution in [0, 0.1) is 16.6 Å². The Morgan fingerprint density at radius 3 is 1.81 bits per heavy atom. The Kier molecular flexibility index (Phi) is 9.77. The molecule has 1 aliphatic carbocycles. The molecular weight excluding hydrogens is 952 g/mol. The summed E-state index contributed by atoms with van der Waals surface area (Å²) in [6, 6.07) is 63.1. The van der Waals surface area contributed by atoms with E-state index >= 15 is 0 Å². The smallest absolute Gasteiger partial charge is 0.0622 e. The van der Waals surface area contributed by atoms with Gasteiger partial charge >= 0.3 is 322 Å². The number of aryl methyl sites for hydroxylation is 1. The summed E-state index contributed by atoms with van der Waals surface area (Å²) in [4.78, 5) is 7.45. The van der Waals surface area contributed by atoms with Crippen molar-refractivity contribution in [3.8, 4) is 56.3 Å². The molecule has 3 heterocycles. The minimum absolute atomic E-state index is 0.0568. The zero-order valence-electron chi connectivity index (χ0n) is 35.9. The quantitative estimate of drug-likeness (QED) is 0.152. The predicted molar refractivity (Wildman–Crippen MR) is 254 cm³/mol. The molecule has 9 aromatic rings. The molecule has 7 aromatic carbocycles. The monoisotopic (exact) mass is 999 g/mol. The number of fused-ring (bicyclic) bond motifs is 4. The van der Waals surface area contributed by atoms with Crippen LogP contribution in [0.1, 0.15) is 49.8 Å². The number of benzene rings is 7. The molecule has 0 saturated heterocycles. The van der Waals surface area contributed by atoms with E-state index in [9.17, 15) is 0 Å². The van der Waals surface area contributed by atoms with E-state index in [4.69, 9.17) is 9.72 Å². The van der Waals surface area contributed by atoms with E-state index in [-0.39, 0.29) is 5.41 Å². The Morgan fingerprint density at radius 2 is 1.19 bits per heavy atom. The molecule has 312 valence electrons. The summed E-state index contributed by atoms with van der Waals surface area (Å²) in [5.74, 6) is 3.84. The van der Waals surface area contributed by atoms with Crippen LogP contribution in [-0.4, -0.2) is 20.7 Å². The third kappa shape index (κ3) is 7.19. The van der Waals surface area contributed by atoms with Crippen LogP contribution in [0.2, 0.25) is 0 Å². The minimum Gasteiger partial charge on any atom is -0.0622 e. The fraction of sp³-hybridized carbons (Fsp3) is 0.158. The first kappa shape index (κ1) is 39.3. The van der Waals surface area contributed by atoms with Gasteiger partial charge in [-0.1, -0.05) is 30.3 Å². The Labute approximate surface area is 380 Å². The number of para-hydroxylation sites is 2. The third-order valence-corrected chi connectivity index (χ3v) is 13.9. The Bertz CT molecular complexity index is 3180. The first-order valence-electron chi connectivity index (χ1n) is 21.9. The van der Waals surface area contributed by atoms with E-state index in [1.165, 1.54) is 62.2 Å². The standard InChI is InChI=1S/C57H48N4O.Pt/c1-38-29-55(58-35-51(38)41-21-12-7-13-22-41)59-36-42-30-48(42)47-28-27-46(34-54(47)59)62-45-24-16-23-44(33-45)60-37-61(53-26-15-14-25-52(53)60)56-49(39-17-8-5-9-18-39)31-43(57(2,3)4)32-50(56)40-19-10-6-11-20-40;/h5-29,31-35,42,48H,30,36H2,1-4H3;. The molecule has 2 atom stereocenters. The maximum absolute atomic E-state index is 6.81. The molecule has 0 N–H and O–H groups in total. The second-order valence-electron chi connectivity index (χ2n) is 18.1. The molecule has 6 heteroatoms. The Hall–Kier alpha value is -6.55. The van der Waals surface area contributed by atoms with Crippen molar-refractivity contribution in [3.05, 3.63) is 203 Å². The van der Waals surface area contributed by atoms with Crippen LogP contribution < -0.4 is 9.64 Å². The zero-order chi connectivity index (χ0) is 42.8. The van der Waals surface area contributed by atoms with Crippen molar-refractivity contribution in [2.45, 2.75) is 45.4 Å². The first-order chi connectivity index (χ1) is 30.7. The summed E-state index contributed by atoms with van der Waals surface area (Å²) in [5, 5.41) is 0. The van der Waals surface area contributed by atoms with E-state index in [0.29, 0.717) is 11.8 Å². The van der Waals surface area contributed by atoms with Gasteiger partial charge in [0.25, 0.3) is 0 Å². The predicted octanol–water partition coefficient (Wildman–Crippen LogP) is 14.5. The van der Waals surface area contributed by atoms with Crippen molar-refractivity contribution < 1.29 is 24.1 Å². The molecule has 0 bridgehead atoms. The first-order valence-corrected chi connectivity index (χ1v) is 23.0. The number of anilines is 2. The fourth-order valence-corrected chi connectivity index (χ4v) is 10.6. The summed E-state index contributed by atoms with van der Waals surface area (Å²) in [5.41, 5.74) is 16.6. The fourth-order valence-electron chi connectivity index (χ4n) is 9.50. The van der Waals surface area contributed by atoms with Gasteiger partial charge in [0.1, 0.15) is 0 Å². The van der Waals surface area contributed by atoms with E-state index in [1.807, 2.05) is 6.20 Å². The van der Waals surface area contributed by atoms with Gasteiger partial charge < -0.3 is 0 Å². The van der Waals surface area contributed by atoms with Crippen LogP contribution in [-0.2, 0) is 24.8 Å². The molecule has 0 radical (unpaired) electrons. The van der Waals surface area contributed by atoms with Crippen LogP contribution in [0.5, 0.6) is 11.5 Å². The molecule has 1 fully saturated rings. The van der Waals surface area contributed by atoms with E-state index in [0.717, 1.165) is 50.1 Å². The van der Waals surface area contributed by atoms with Gasteiger partial charge in [0.15, 0.2) is 0 Å². The van der Waals surface area contributed by atoms with Crippen molar-refractivity contribution in [2.75, 3.05) is 11.4 Å². The molecule has 0 spiro atoms. The Morgan fingerprint density at radius 1 is 0.603 bits per heavy atom. The number of hydrogen-bond donors (Lipinski definition) is 0. The van der Waals surface area contributed by atoms with Gasteiger partial charge in [0.2, 0.25) is 0 Å². The van der Waals surface area contributed by atoms with Gasteiger partial charge in [-0.2, -0.15) is 0 Å². The van der Waals surface area contributed by atoms with E-state index < -0.39 is 0 Å². The molecular formula is C57H48N4OPt. The molecule has 11 rings (SSSR count). The van der Waals surface area contributed by atoms with Crippen molar-refractivity contribution in [1.82, 2.24) is 14.1 Å². The molecule has 63 heavy (non-hydrogen) atoms. The number of rotatable bonds is 8. The molecule has 5 nitrogen and oxygen atoms in total. The SMILES string of the molecule is Cc1cc(N2CC3CC3c3ccc(Oc4cccc(-n5[c](=[Pt])n(-c6c(-c7ccccc7)cc(C(C)(C)C)cc6-c6ccccc6)c6ccccc65)c4)cc32)ncc1-c1ccccc1. The van der Waals surface area contributed by atoms with Crippen molar-refractivity contribution in [1.29, 1.82) is 0 Å². The number of hydrogen-bond acceptors (Lipinski definition) is 3. The van der Waals surface area contributed by atoms with Crippen LogP contribution in [0.3, 0.4) is 0 Å². The van der Waals surface area contributed by atoms with Crippen LogP contribution in [0.15, 0.2) is 182 Å². The normalized spacial score (nSPS) is 15.6. The van der Waals surface area contributed by atoms with Gasteiger partial charge in [-0.15, -0.1) is 0 Å². The molecule has 0 amide bonds. The average molecular weight is 1000 g/mol. The van der Waals surface area contributed by atoms with E-state index in [2.05, 4.69) is 237 Å². The zero-order valence-corrected chi connectivity index (χ0v) is 38.2. The van der Waals surface area contributed by atoms with Gasteiger partial charge in [0.05, 0.1) is 0 Å². The summed E-state index contributed by atoms with van der Waals surface area (Å²) in [6.07, 6.45) is 3.25. The molecule has 2 aromatic heterocycles. The van der Waals surface area contributed by atoms with Crippen LogP contribution >= 0.6 is 0 Å².